The summed E-state index contributed by atoms with van der Waals surface area (Å²) in [5, 5.41) is 8.04. The molecule has 1 aliphatic heterocycles. The number of benzene rings is 3. The first kappa shape index (κ1) is 23.0. The number of hydrogen-bond acceptors (Lipinski definition) is 5. The van der Waals surface area contributed by atoms with E-state index in [0.717, 1.165) is 38.4 Å². The standard InChI is InChI=1S/C25H28N4O3S/c1-19-7-12-23(33(26,31)32)17-24(19)25(30)27-21-8-10-22(11-9-21)29-15-13-28(14-16-29)18-20-5-3-2-4-6-20/h2-12,17H,13-16,18H2,1H3,(H,27,30)(H2,26,31,32). The van der Waals surface area contributed by atoms with Gasteiger partial charge in [0.05, 0.1) is 4.90 Å². The molecule has 0 bridgehead atoms. The van der Waals surface area contributed by atoms with Gasteiger partial charge in [-0.05, 0) is 54.4 Å². The molecule has 3 N–H and O–H groups in total. The highest BCUT2D eigenvalue weighted by Gasteiger charge is 2.18. The highest BCUT2D eigenvalue weighted by molar-refractivity contribution is 7.89. The molecule has 0 atom stereocenters. The predicted octanol–water partition coefficient (Wildman–Crippen LogP) is 3.22. The minimum Gasteiger partial charge on any atom is -0.369 e. The van der Waals surface area contributed by atoms with Crippen molar-refractivity contribution in [2.24, 2.45) is 5.14 Å². The van der Waals surface area contributed by atoms with Crippen LogP contribution >= 0.6 is 0 Å². The number of nitrogens with one attached hydrogen (secondary N) is 1. The number of carbonyl (C=O) groups excluding carboxylic acids is 1. The van der Waals surface area contributed by atoms with Gasteiger partial charge in [0.2, 0.25) is 10.0 Å². The van der Waals surface area contributed by atoms with E-state index in [1.54, 1.807) is 13.0 Å². The third-order valence-corrected chi connectivity index (χ3v) is 6.80. The molecule has 7 nitrogen and oxygen atoms in total. The molecule has 0 spiro atoms. The summed E-state index contributed by atoms with van der Waals surface area (Å²) in [7, 11) is -3.88. The average molecular weight is 465 g/mol. The van der Waals surface area contributed by atoms with Crippen LogP contribution in [0.4, 0.5) is 11.4 Å². The van der Waals surface area contributed by atoms with Crippen LogP contribution in [0.15, 0.2) is 77.7 Å². The van der Waals surface area contributed by atoms with Crippen molar-refractivity contribution in [2.75, 3.05) is 36.4 Å². The molecule has 3 aromatic rings. The molecule has 0 saturated carbocycles. The van der Waals surface area contributed by atoms with Gasteiger partial charge in [0.15, 0.2) is 0 Å². The van der Waals surface area contributed by atoms with Crippen LogP contribution in [0.1, 0.15) is 21.5 Å². The molecule has 0 unspecified atom stereocenters. The second kappa shape index (κ2) is 9.74. The molecular weight excluding hydrogens is 436 g/mol. The summed E-state index contributed by atoms with van der Waals surface area (Å²) in [6.07, 6.45) is 0. The van der Waals surface area contributed by atoms with E-state index in [9.17, 15) is 13.2 Å². The maximum absolute atomic E-state index is 12.7. The molecule has 1 saturated heterocycles. The van der Waals surface area contributed by atoms with Crippen LogP contribution in [0, 0.1) is 6.92 Å². The summed E-state index contributed by atoms with van der Waals surface area (Å²) in [5.74, 6) is -0.375. The summed E-state index contributed by atoms with van der Waals surface area (Å²) in [6, 6.07) is 22.5. The maximum Gasteiger partial charge on any atom is 0.255 e. The van der Waals surface area contributed by atoms with Crippen molar-refractivity contribution in [1.29, 1.82) is 0 Å². The number of amides is 1. The Morgan fingerprint density at radius 3 is 2.24 bits per heavy atom. The molecule has 172 valence electrons. The zero-order valence-corrected chi connectivity index (χ0v) is 19.4. The lowest BCUT2D eigenvalue weighted by Crippen LogP contribution is -2.45. The Morgan fingerprint density at radius 2 is 1.61 bits per heavy atom. The zero-order chi connectivity index (χ0) is 23.4. The van der Waals surface area contributed by atoms with Crippen molar-refractivity contribution < 1.29 is 13.2 Å². The SMILES string of the molecule is Cc1ccc(S(N)(=O)=O)cc1C(=O)Nc1ccc(N2CCN(Cc3ccccc3)CC2)cc1. The number of nitrogens with two attached hydrogens (primary N) is 1. The van der Waals surface area contributed by atoms with E-state index in [1.165, 1.54) is 17.7 Å². The predicted molar refractivity (Wildman–Crippen MR) is 131 cm³/mol. The molecule has 8 heteroatoms. The van der Waals surface area contributed by atoms with E-state index in [4.69, 9.17) is 5.14 Å². The summed E-state index contributed by atoms with van der Waals surface area (Å²) in [5.41, 5.74) is 4.03. The van der Waals surface area contributed by atoms with Crippen molar-refractivity contribution in [2.45, 2.75) is 18.4 Å². The van der Waals surface area contributed by atoms with Gasteiger partial charge in [0.25, 0.3) is 5.91 Å². The molecule has 3 aromatic carbocycles. The van der Waals surface area contributed by atoms with Gasteiger partial charge in [-0.15, -0.1) is 0 Å². The third kappa shape index (κ3) is 5.78. The lowest BCUT2D eigenvalue weighted by Gasteiger charge is -2.36. The topological polar surface area (TPSA) is 95.7 Å². The fourth-order valence-electron chi connectivity index (χ4n) is 3.98. The Morgan fingerprint density at radius 1 is 0.939 bits per heavy atom. The van der Waals surface area contributed by atoms with Crippen molar-refractivity contribution >= 4 is 27.3 Å². The van der Waals surface area contributed by atoms with Gasteiger partial charge in [0.1, 0.15) is 0 Å². The minimum atomic E-state index is -3.88. The fourth-order valence-corrected chi connectivity index (χ4v) is 4.52. The lowest BCUT2D eigenvalue weighted by molar-refractivity contribution is 0.102. The van der Waals surface area contributed by atoms with Crippen molar-refractivity contribution in [1.82, 2.24) is 4.90 Å². The average Bonchev–Trinajstić information content (AvgIpc) is 2.80. The number of hydrogen-bond donors (Lipinski definition) is 2. The van der Waals surface area contributed by atoms with Crippen molar-refractivity contribution in [3.63, 3.8) is 0 Å². The summed E-state index contributed by atoms with van der Waals surface area (Å²) >= 11 is 0. The largest absolute Gasteiger partial charge is 0.369 e. The van der Waals surface area contributed by atoms with E-state index < -0.39 is 10.0 Å². The van der Waals surface area contributed by atoms with Crippen LogP contribution in [0.3, 0.4) is 0 Å². The highest BCUT2D eigenvalue weighted by Crippen LogP contribution is 2.22. The highest BCUT2D eigenvalue weighted by atomic mass is 32.2. The summed E-state index contributed by atoms with van der Waals surface area (Å²) in [6.45, 7) is 6.59. The molecule has 33 heavy (non-hydrogen) atoms. The van der Waals surface area contributed by atoms with Gasteiger partial charge >= 0.3 is 0 Å². The smallest absolute Gasteiger partial charge is 0.255 e. The number of carbonyl (C=O) groups is 1. The van der Waals surface area contributed by atoms with Gasteiger partial charge in [-0.25, -0.2) is 13.6 Å². The van der Waals surface area contributed by atoms with Gasteiger partial charge in [-0.1, -0.05) is 36.4 Å². The second-order valence-corrected chi connectivity index (χ2v) is 9.83. The maximum atomic E-state index is 12.7. The van der Waals surface area contributed by atoms with Crippen LogP contribution in [0.2, 0.25) is 0 Å². The Kier molecular flexibility index (Phi) is 6.78. The summed E-state index contributed by atoms with van der Waals surface area (Å²) in [4.78, 5) is 17.4. The zero-order valence-electron chi connectivity index (χ0n) is 18.6. The van der Waals surface area contributed by atoms with Crippen molar-refractivity contribution in [3.05, 3.63) is 89.5 Å². The normalized spacial score (nSPS) is 14.8. The van der Waals surface area contributed by atoms with Gasteiger partial charge in [0, 0.05) is 49.7 Å². The number of rotatable bonds is 6. The molecule has 1 aliphatic rings. The van der Waals surface area contributed by atoms with Crippen LogP contribution in [0.5, 0.6) is 0 Å². The molecule has 0 radical (unpaired) electrons. The Balaban J connectivity index is 1.36. The van der Waals surface area contributed by atoms with Gasteiger partial charge in [-0.2, -0.15) is 0 Å². The fraction of sp³-hybridized carbons (Fsp3) is 0.240. The number of piperazine rings is 1. The third-order valence-electron chi connectivity index (χ3n) is 5.89. The molecule has 1 amide bonds. The number of sulfonamides is 1. The minimum absolute atomic E-state index is 0.0833. The van der Waals surface area contributed by atoms with E-state index >= 15 is 0 Å². The van der Waals surface area contributed by atoms with Gasteiger partial charge in [-0.3, -0.25) is 9.69 Å². The molecule has 4 rings (SSSR count). The number of aryl methyl sites for hydroxylation is 1. The summed E-state index contributed by atoms with van der Waals surface area (Å²) < 4.78 is 23.2. The van der Waals surface area contributed by atoms with Gasteiger partial charge < -0.3 is 10.2 Å². The first-order valence-corrected chi connectivity index (χ1v) is 12.4. The van der Waals surface area contributed by atoms with Crippen LogP contribution in [0.25, 0.3) is 0 Å². The molecule has 0 aliphatic carbocycles. The van der Waals surface area contributed by atoms with Crippen molar-refractivity contribution in [3.8, 4) is 0 Å². The first-order valence-electron chi connectivity index (χ1n) is 10.9. The van der Waals surface area contributed by atoms with E-state index in [-0.39, 0.29) is 16.4 Å². The van der Waals surface area contributed by atoms with E-state index in [2.05, 4.69) is 39.4 Å². The number of nitrogens with zero attached hydrogens (tertiary/aromatic N) is 2. The van der Waals surface area contributed by atoms with E-state index in [0.29, 0.717) is 11.3 Å². The number of anilines is 2. The quantitative estimate of drug-likeness (QED) is 0.584. The monoisotopic (exact) mass is 464 g/mol. The van der Waals surface area contributed by atoms with E-state index in [1.807, 2.05) is 30.3 Å². The Hall–Kier alpha value is -3.20. The van der Waals surface area contributed by atoms with Crippen LogP contribution in [-0.4, -0.2) is 45.4 Å². The second-order valence-electron chi connectivity index (χ2n) is 8.27. The molecular formula is C25H28N4O3S. The first-order chi connectivity index (χ1) is 15.8. The number of primary sulfonamides is 1. The Bertz CT molecular complexity index is 1220. The van der Waals surface area contributed by atoms with Crippen LogP contribution < -0.4 is 15.4 Å². The lowest BCUT2D eigenvalue weighted by atomic mass is 10.1. The van der Waals surface area contributed by atoms with Crippen LogP contribution in [-0.2, 0) is 16.6 Å². The molecule has 1 fully saturated rings. The Labute approximate surface area is 194 Å². The molecule has 0 aromatic heterocycles. The molecule has 1 heterocycles.